The molecule has 6 nitrogen and oxygen atoms in total. The monoisotopic (exact) mass is 380 g/mol. The number of amides is 1. The minimum Gasteiger partial charge on any atom is -0.325 e. The number of carbonyl (C=O) groups is 1. The highest BCUT2D eigenvalue weighted by Gasteiger charge is 2.12. The number of rotatable bonds is 6. The van der Waals surface area contributed by atoms with Gasteiger partial charge in [0.05, 0.1) is 5.75 Å². The van der Waals surface area contributed by atoms with Gasteiger partial charge in [-0.2, -0.15) is 0 Å². The van der Waals surface area contributed by atoms with Gasteiger partial charge in [-0.1, -0.05) is 74.1 Å². The number of para-hydroxylation sites is 1. The molecule has 3 aromatic rings. The van der Waals surface area contributed by atoms with E-state index in [1.165, 1.54) is 0 Å². The number of nitrogens with zero attached hydrogens (tertiary/aromatic N) is 2. The lowest BCUT2D eigenvalue weighted by Crippen LogP contribution is -2.18. The van der Waals surface area contributed by atoms with E-state index in [1.54, 1.807) is 12.1 Å². The minimum absolute atomic E-state index is 0.127. The first-order chi connectivity index (χ1) is 13.0. The van der Waals surface area contributed by atoms with Crippen molar-refractivity contribution >= 4 is 23.4 Å². The Bertz CT molecular complexity index is 987. The Morgan fingerprint density at radius 1 is 1.07 bits per heavy atom. The van der Waals surface area contributed by atoms with Crippen molar-refractivity contribution in [3.63, 3.8) is 0 Å². The Hall–Kier alpha value is -2.93. The average Bonchev–Trinajstić information content (AvgIpc) is 2.67. The van der Waals surface area contributed by atoms with E-state index in [9.17, 15) is 9.59 Å². The van der Waals surface area contributed by atoms with Crippen molar-refractivity contribution in [2.45, 2.75) is 24.9 Å². The van der Waals surface area contributed by atoms with Crippen molar-refractivity contribution in [2.24, 2.45) is 0 Å². The zero-order valence-corrected chi connectivity index (χ0v) is 15.9. The maximum atomic E-state index is 12.3. The number of benzene rings is 2. The molecule has 27 heavy (non-hydrogen) atoms. The molecule has 0 aliphatic carbocycles. The fourth-order valence-corrected chi connectivity index (χ4v) is 3.21. The smallest absolute Gasteiger partial charge is 0.278 e. The number of anilines is 1. The van der Waals surface area contributed by atoms with Crippen LogP contribution in [0.5, 0.6) is 0 Å². The maximum absolute atomic E-state index is 12.3. The molecule has 2 N–H and O–H groups in total. The highest BCUT2D eigenvalue weighted by molar-refractivity contribution is 7.99. The molecule has 0 unspecified atom stereocenters. The Kier molecular flexibility index (Phi) is 6.03. The second kappa shape index (κ2) is 8.64. The van der Waals surface area contributed by atoms with Crippen LogP contribution in [0, 0.1) is 0 Å². The van der Waals surface area contributed by atoms with E-state index < -0.39 is 0 Å². The second-order valence-corrected chi connectivity index (χ2v) is 7.22. The molecule has 0 aliphatic rings. The van der Waals surface area contributed by atoms with Gasteiger partial charge in [0.25, 0.3) is 5.56 Å². The summed E-state index contributed by atoms with van der Waals surface area (Å²) in [5, 5.41) is 11.2. The fraction of sp³-hybridized carbons (Fsp3) is 0.200. The lowest BCUT2D eigenvalue weighted by Gasteiger charge is -2.13. The maximum Gasteiger partial charge on any atom is 0.278 e. The Morgan fingerprint density at radius 3 is 2.48 bits per heavy atom. The van der Waals surface area contributed by atoms with E-state index in [0.29, 0.717) is 16.6 Å². The Labute approximate surface area is 161 Å². The first-order valence-electron chi connectivity index (χ1n) is 8.58. The van der Waals surface area contributed by atoms with Crippen LogP contribution in [0.3, 0.4) is 0 Å². The third-order valence-corrected chi connectivity index (χ3v) is 4.78. The van der Waals surface area contributed by atoms with E-state index in [0.717, 1.165) is 23.0 Å². The molecule has 7 heteroatoms. The van der Waals surface area contributed by atoms with Crippen molar-refractivity contribution < 1.29 is 4.79 Å². The van der Waals surface area contributed by atoms with E-state index in [1.807, 2.05) is 42.5 Å². The van der Waals surface area contributed by atoms with Crippen molar-refractivity contribution in [2.75, 3.05) is 11.1 Å². The quantitative estimate of drug-likeness (QED) is 0.637. The summed E-state index contributed by atoms with van der Waals surface area (Å²) in [4.78, 5) is 27.2. The fourth-order valence-electron chi connectivity index (χ4n) is 2.61. The van der Waals surface area contributed by atoms with Crippen LogP contribution in [-0.2, 0) is 4.79 Å². The van der Waals surface area contributed by atoms with Crippen LogP contribution in [0.15, 0.2) is 64.5 Å². The van der Waals surface area contributed by atoms with Crippen molar-refractivity contribution in [1.82, 2.24) is 15.2 Å². The molecular formula is C20H20N4O2S. The lowest BCUT2D eigenvalue weighted by atomic mass is 10.0. The Morgan fingerprint density at radius 2 is 1.78 bits per heavy atom. The van der Waals surface area contributed by atoms with Crippen molar-refractivity contribution in [3.05, 3.63) is 70.5 Å². The largest absolute Gasteiger partial charge is 0.325 e. The number of carbonyl (C=O) groups excluding carboxylic acids is 1. The molecule has 0 fully saturated rings. The topological polar surface area (TPSA) is 87.7 Å². The number of hydrogen-bond donors (Lipinski definition) is 2. The molecule has 138 valence electrons. The molecule has 1 heterocycles. The van der Waals surface area contributed by atoms with Gasteiger partial charge in [0.15, 0.2) is 10.9 Å². The third kappa shape index (κ3) is 4.83. The van der Waals surface area contributed by atoms with Gasteiger partial charge in [-0.15, -0.1) is 10.2 Å². The van der Waals surface area contributed by atoms with Gasteiger partial charge in [0, 0.05) is 11.3 Å². The second-order valence-electron chi connectivity index (χ2n) is 6.25. The van der Waals surface area contributed by atoms with Gasteiger partial charge < -0.3 is 5.32 Å². The van der Waals surface area contributed by atoms with E-state index in [-0.39, 0.29) is 22.9 Å². The first kappa shape index (κ1) is 18.8. The van der Waals surface area contributed by atoms with Crippen LogP contribution in [0.4, 0.5) is 5.69 Å². The average molecular weight is 380 g/mol. The number of aromatic amines is 1. The summed E-state index contributed by atoms with van der Waals surface area (Å²) in [6, 6.07) is 16.8. The summed E-state index contributed by atoms with van der Waals surface area (Å²) in [7, 11) is 0. The van der Waals surface area contributed by atoms with Crippen molar-refractivity contribution in [3.8, 4) is 11.3 Å². The zero-order chi connectivity index (χ0) is 19.2. The van der Waals surface area contributed by atoms with Gasteiger partial charge in [-0.05, 0) is 17.5 Å². The van der Waals surface area contributed by atoms with Gasteiger partial charge in [-0.3, -0.25) is 14.6 Å². The van der Waals surface area contributed by atoms with E-state index >= 15 is 0 Å². The predicted molar refractivity (Wildman–Crippen MR) is 108 cm³/mol. The first-order valence-corrected chi connectivity index (χ1v) is 9.57. The molecule has 0 radical (unpaired) electrons. The molecule has 3 rings (SSSR count). The molecule has 2 aromatic carbocycles. The predicted octanol–water partition coefficient (Wildman–Crippen LogP) is 3.69. The van der Waals surface area contributed by atoms with Gasteiger partial charge >= 0.3 is 0 Å². The van der Waals surface area contributed by atoms with Crippen LogP contribution >= 0.6 is 11.8 Å². The molecule has 0 atom stereocenters. The van der Waals surface area contributed by atoms with E-state index in [2.05, 4.69) is 34.3 Å². The normalized spacial score (nSPS) is 10.8. The van der Waals surface area contributed by atoms with Crippen molar-refractivity contribution in [1.29, 1.82) is 0 Å². The summed E-state index contributed by atoms with van der Waals surface area (Å²) in [6.45, 7) is 4.16. The van der Waals surface area contributed by atoms with Crippen LogP contribution in [-0.4, -0.2) is 26.8 Å². The molecule has 1 aromatic heterocycles. The molecule has 0 spiro atoms. The standard InChI is InChI=1S/C20H20N4O2S/c1-13(2)15-10-6-7-11-16(15)21-17(25)12-27-20-22-19(26)18(23-24-20)14-8-4-3-5-9-14/h3-11,13H,12H2,1-2H3,(H,21,25)(H,22,24,26). The summed E-state index contributed by atoms with van der Waals surface area (Å²) in [5.41, 5.74) is 2.51. The van der Waals surface area contributed by atoms with Gasteiger partial charge in [0.1, 0.15) is 0 Å². The summed E-state index contributed by atoms with van der Waals surface area (Å²) < 4.78 is 0. The van der Waals surface area contributed by atoms with Gasteiger partial charge in [0.2, 0.25) is 5.91 Å². The van der Waals surface area contributed by atoms with Crippen LogP contribution < -0.4 is 10.9 Å². The zero-order valence-electron chi connectivity index (χ0n) is 15.1. The number of H-pyrrole nitrogens is 1. The summed E-state index contributed by atoms with van der Waals surface area (Å²) in [5.74, 6) is 0.270. The van der Waals surface area contributed by atoms with Crippen LogP contribution in [0.25, 0.3) is 11.3 Å². The Balaban J connectivity index is 1.65. The van der Waals surface area contributed by atoms with Crippen LogP contribution in [0.1, 0.15) is 25.3 Å². The highest BCUT2D eigenvalue weighted by atomic mass is 32.2. The molecular weight excluding hydrogens is 360 g/mol. The summed E-state index contributed by atoms with van der Waals surface area (Å²) in [6.07, 6.45) is 0. The third-order valence-electron chi connectivity index (χ3n) is 3.92. The number of thioether (sulfide) groups is 1. The molecule has 1 amide bonds. The van der Waals surface area contributed by atoms with E-state index in [4.69, 9.17) is 0 Å². The van der Waals surface area contributed by atoms with Gasteiger partial charge in [-0.25, -0.2) is 0 Å². The number of hydrogen-bond acceptors (Lipinski definition) is 5. The minimum atomic E-state index is -0.329. The lowest BCUT2D eigenvalue weighted by molar-refractivity contribution is -0.113. The number of aromatic nitrogens is 3. The SMILES string of the molecule is CC(C)c1ccccc1NC(=O)CSc1nnc(-c2ccccc2)c(=O)[nH]1. The highest BCUT2D eigenvalue weighted by Crippen LogP contribution is 2.24. The number of nitrogens with one attached hydrogen (secondary N) is 2. The molecule has 0 saturated carbocycles. The molecule has 0 saturated heterocycles. The van der Waals surface area contributed by atoms with Crippen LogP contribution in [0.2, 0.25) is 0 Å². The molecule has 0 aliphatic heterocycles. The summed E-state index contributed by atoms with van der Waals surface area (Å²) >= 11 is 1.14. The molecule has 0 bridgehead atoms.